The molecular weight excluding hydrogens is 576 g/mol. The monoisotopic (exact) mass is 602 g/mol. The summed E-state index contributed by atoms with van der Waals surface area (Å²) in [5, 5.41) is 68.3. The minimum atomic E-state index is -2.67. The first kappa shape index (κ1) is 32.1. The van der Waals surface area contributed by atoms with Crippen LogP contribution in [0.2, 0.25) is 0 Å². The lowest BCUT2D eigenvalue weighted by molar-refractivity contribution is -0.208. The van der Waals surface area contributed by atoms with Crippen LogP contribution in [0.15, 0.2) is 48.6 Å². The molecular formula is C28H26O15. The molecule has 1 aliphatic carbocycles. The number of aliphatic hydroxyl groups is 2. The molecule has 2 aromatic carbocycles. The number of carbonyl (C=O) groups excluding carboxylic acids is 4. The summed E-state index contributed by atoms with van der Waals surface area (Å²) in [6.07, 6.45) is -4.06. The number of hydrogen-bond acceptors (Lipinski definition) is 14. The zero-order valence-electron chi connectivity index (χ0n) is 22.0. The molecule has 3 rings (SSSR count). The largest absolute Gasteiger partial charge is 0.504 e. The summed E-state index contributed by atoms with van der Waals surface area (Å²) in [6, 6.07) is 7.27. The van der Waals surface area contributed by atoms with Gasteiger partial charge in [0.25, 0.3) is 0 Å². The van der Waals surface area contributed by atoms with E-state index in [2.05, 4.69) is 4.74 Å². The number of rotatable bonds is 9. The minimum Gasteiger partial charge on any atom is -0.504 e. The number of phenolic OH excluding ortho intramolecular Hbond substituents is 4. The highest BCUT2D eigenvalue weighted by molar-refractivity contribution is 5.97. The molecule has 1 saturated carbocycles. The van der Waals surface area contributed by atoms with E-state index in [4.69, 9.17) is 14.6 Å². The molecule has 1 aliphatic rings. The molecule has 0 aromatic heterocycles. The Morgan fingerprint density at radius 3 is 1.79 bits per heavy atom. The number of hydrogen-bond donors (Lipinski definition) is 7. The third-order valence-electron chi connectivity index (χ3n) is 6.06. The maximum atomic E-state index is 12.6. The number of phenols is 4. The second-order valence-corrected chi connectivity index (χ2v) is 9.38. The van der Waals surface area contributed by atoms with Gasteiger partial charge in [-0.25, -0.2) is 14.4 Å². The van der Waals surface area contributed by atoms with E-state index >= 15 is 0 Å². The molecule has 4 atom stereocenters. The third kappa shape index (κ3) is 8.79. The first-order valence-electron chi connectivity index (χ1n) is 12.4. The Kier molecular flexibility index (Phi) is 10.1. The van der Waals surface area contributed by atoms with Gasteiger partial charge in [0.15, 0.2) is 34.7 Å². The van der Waals surface area contributed by atoms with Gasteiger partial charge in [0, 0.05) is 25.0 Å². The molecule has 0 saturated heterocycles. The van der Waals surface area contributed by atoms with Crippen LogP contribution in [0.25, 0.3) is 12.2 Å². The van der Waals surface area contributed by atoms with Crippen molar-refractivity contribution >= 4 is 42.0 Å². The van der Waals surface area contributed by atoms with Gasteiger partial charge in [-0.1, -0.05) is 12.1 Å². The molecule has 43 heavy (non-hydrogen) atoms. The van der Waals surface area contributed by atoms with E-state index in [1.165, 1.54) is 24.3 Å². The summed E-state index contributed by atoms with van der Waals surface area (Å²) < 4.78 is 14.9. The van der Waals surface area contributed by atoms with Crippen molar-refractivity contribution in [3.63, 3.8) is 0 Å². The van der Waals surface area contributed by atoms with Gasteiger partial charge in [0.05, 0.1) is 6.10 Å². The van der Waals surface area contributed by atoms with Crippen LogP contribution in [0.4, 0.5) is 0 Å². The SMILES string of the molecule is O=C(O)CC(=O)OC(=O)[C@@]1(O)C[C@H](O)[C@H](OC(=O)/C=C/c2ccc(O)c(O)c2)[C@H](OC(=O)/C=C/c2ccc(O)c(O)c2)C1. The second-order valence-electron chi connectivity index (χ2n) is 9.38. The topological polar surface area (TPSA) is 255 Å². The Balaban J connectivity index is 1.81. The Hall–Kier alpha value is -5.41. The van der Waals surface area contributed by atoms with Crippen molar-refractivity contribution in [2.24, 2.45) is 0 Å². The van der Waals surface area contributed by atoms with Crippen molar-refractivity contribution < 1.29 is 73.9 Å². The molecule has 0 bridgehead atoms. The van der Waals surface area contributed by atoms with Crippen LogP contribution in [-0.2, 0) is 38.2 Å². The van der Waals surface area contributed by atoms with Crippen LogP contribution < -0.4 is 0 Å². The van der Waals surface area contributed by atoms with E-state index in [1.807, 2.05) is 0 Å². The van der Waals surface area contributed by atoms with Crippen molar-refractivity contribution in [3.05, 3.63) is 59.7 Å². The number of benzene rings is 2. The molecule has 0 spiro atoms. The molecule has 0 unspecified atom stereocenters. The molecule has 1 fully saturated rings. The highest BCUT2D eigenvalue weighted by Crippen LogP contribution is 2.34. The molecule has 0 aliphatic heterocycles. The summed E-state index contributed by atoms with van der Waals surface area (Å²) in [6.45, 7) is 0. The predicted molar refractivity (Wildman–Crippen MR) is 141 cm³/mol. The fourth-order valence-corrected chi connectivity index (χ4v) is 4.01. The molecule has 0 radical (unpaired) electrons. The van der Waals surface area contributed by atoms with E-state index < -0.39 is 96.0 Å². The second kappa shape index (κ2) is 13.5. The van der Waals surface area contributed by atoms with Crippen LogP contribution in [0.5, 0.6) is 23.0 Å². The first-order chi connectivity index (χ1) is 20.2. The number of carboxylic acid groups (broad SMARTS) is 1. The summed E-state index contributed by atoms with van der Waals surface area (Å²) in [7, 11) is 0. The smallest absolute Gasteiger partial charge is 0.346 e. The lowest BCUT2D eigenvalue weighted by Gasteiger charge is -2.41. The van der Waals surface area contributed by atoms with Gasteiger partial charge in [0.1, 0.15) is 12.5 Å². The summed E-state index contributed by atoms with van der Waals surface area (Å²) in [5.74, 6) is -8.72. The van der Waals surface area contributed by atoms with Crippen LogP contribution in [0, 0.1) is 0 Å². The van der Waals surface area contributed by atoms with E-state index in [1.54, 1.807) is 0 Å². The number of esters is 4. The average molecular weight is 603 g/mol. The Morgan fingerprint density at radius 1 is 0.791 bits per heavy atom. The Labute approximate surface area is 242 Å². The van der Waals surface area contributed by atoms with E-state index in [-0.39, 0.29) is 11.1 Å². The number of ether oxygens (including phenoxy) is 3. The molecule has 15 nitrogen and oxygen atoms in total. The number of carbonyl (C=O) groups is 5. The van der Waals surface area contributed by atoms with Crippen LogP contribution in [0.1, 0.15) is 30.4 Å². The van der Waals surface area contributed by atoms with Crippen LogP contribution in [-0.4, -0.2) is 89.5 Å². The number of aliphatic carboxylic acids is 1. The molecule has 0 heterocycles. The van der Waals surface area contributed by atoms with Crippen molar-refractivity contribution in [1.82, 2.24) is 0 Å². The maximum absolute atomic E-state index is 12.6. The standard InChI is InChI=1S/C28H26O15/c29-16-5-1-14(9-18(16)31)3-7-23(36)41-21-13-28(40,27(39)43-25(38)11-22(34)35)12-20(33)26(21)42-24(37)8-4-15-2-6-17(30)19(32)10-15/h1-10,20-21,26,29-33,40H,11-13H2,(H,34,35)/b7-3+,8-4+/t20-,21+,26-,28+/m0/s1. The quantitative estimate of drug-likeness (QED) is 0.0677. The molecule has 0 amide bonds. The van der Waals surface area contributed by atoms with Gasteiger partial charge in [-0.3, -0.25) is 9.59 Å². The molecule has 2 aromatic rings. The maximum Gasteiger partial charge on any atom is 0.346 e. The average Bonchev–Trinajstić information content (AvgIpc) is 2.91. The third-order valence-corrected chi connectivity index (χ3v) is 6.06. The van der Waals surface area contributed by atoms with Crippen molar-refractivity contribution in [2.45, 2.75) is 43.2 Å². The molecule has 7 N–H and O–H groups in total. The fraction of sp³-hybridized carbons (Fsp3) is 0.250. The lowest BCUT2D eigenvalue weighted by Crippen LogP contribution is -2.58. The van der Waals surface area contributed by atoms with Gasteiger partial charge >= 0.3 is 29.8 Å². The zero-order valence-corrected chi connectivity index (χ0v) is 22.0. The summed E-state index contributed by atoms with van der Waals surface area (Å²) >= 11 is 0. The fourth-order valence-electron chi connectivity index (χ4n) is 4.01. The van der Waals surface area contributed by atoms with E-state index in [0.29, 0.717) is 0 Å². The van der Waals surface area contributed by atoms with Gasteiger partial charge in [-0.2, -0.15) is 0 Å². The predicted octanol–water partition coefficient (Wildman–Crippen LogP) is 0.489. The highest BCUT2D eigenvalue weighted by atomic mass is 16.6. The van der Waals surface area contributed by atoms with Crippen LogP contribution >= 0.6 is 0 Å². The number of carboxylic acids is 1. The normalized spacial score (nSPS) is 21.8. The Morgan fingerprint density at radius 2 is 1.30 bits per heavy atom. The molecule has 228 valence electrons. The molecule has 15 heteroatoms. The number of aromatic hydroxyl groups is 4. The number of aliphatic hydroxyl groups excluding tert-OH is 1. The highest BCUT2D eigenvalue weighted by Gasteiger charge is 2.53. The van der Waals surface area contributed by atoms with Crippen LogP contribution in [0.3, 0.4) is 0 Å². The lowest BCUT2D eigenvalue weighted by atomic mass is 9.79. The summed E-state index contributed by atoms with van der Waals surface area (Å²) in [4.78, 5) is 60.1. The summed E-state index contributed by atoms with van der Waals surface area (Å²) in [5.41, 5.74) is -2.15. The Bertz CT molecular complexity index is 1480. The van der Waals surface area contributed by atoms with Crippen molar-refractivity contribution in [2.75, 3.05) is 0 Å². The minimum absolute atomic E-state index is 0.251. The zero-order chi connectivity index (χ0) is 31.9. The first-order valence-corrected chi connectivity index (χ1v) is 12.4. The van der Waals surface area contributed by atoms with Gasteiger partial charge in [-0.15, -0.1) is 0 Å². The van der Waals surface area contributed by atoms with Crippen molar-refractivity contribution in [3.8, 4) is 23.0 Å². The van der Waals surface area contributed by atoms with Gasteiger partial charge in [-0.05, 0) is 47.5 Å². The van der Waals surface area contributed by atoms with Gasteiger partial charge in [0.2, 0.25) is 0 Å². The van der Waals surface area contributed by atoms with Crippen molar-refractivity contribution in [1.29, 1.82) is 0 Å². The van der Waals surface area contributed by atoms with E-state index in [9.17, 15) is 54.6 Å². The van der Waals surface area contributed by atoms with E-state index in [0.717, 1.165) is 36.4 Å². The van der Waals surface area contributed by atoms with Gasteiger partial charge < -0.3 is 50.0 Å².